The summed E-state index contributed by atoms with van der Waals surface area (Å²) in [6.07, 6.45) is 1.14. The number of aromatic nitrogens is 3. The van der Waals surface area contributed by atoms with E-state index in [4.69, 9.17) is 14.6 Å². The molecule has 5 heterocycles. The van der Waals surface area contributed by atoms with E-state index in [1.807, 2.05) is 30.3 Å². The van der Waals surface area contributed by atoms with Gasteiger partial charge in [-0.1, -0.05) is 6.07 Å². The number of carbonyl (C=O) groups is 2. The average molecular weight is 708 g/mol. The molecule has 0 radical (unpaired) electrons. The van der Waals surface area contributed by atoms with E-state index < -0.39 is 27.8 Å². The molecule has 0 atom stereocenters. The largest absolute Gasteiger partial charge is 0.490 e. The second kappa shape index (κ2) is 14.3. The summed E-state index contributed by atoms with van der Waals surface area (Å²) in [6, 6.07) is 13.5. The minimum Gasteiger partial charge on any atom is -0.475 e. The fourth-order valence-electron chi connectivity index (χ4n) is 5.20. The minimum atomic E-state index is -5.08. The van der Waals surface area contributed by atoms with Gasteiger partial charge in [0.15, 0.2) is 15.6 Å². The highest BCUT2D eigenvalue weighted by molar-refractivity contribution is 7.90. The number of hydrogen-bond acceptors (Lipinski definition) is 11. The summed E-state index contributed by atoms with van der Waals surface area (Å²) >= 11 is 1.47. The predicted octanol–water partition coefficient (Wildman–Crippen LogP) is 5.20. The number of fused-ring (bicyclic) bond motifs is 1. The Morgan fingerprint density at radius 2 is 1.77 bits per heavy atom. The number of nitrogens with zero attached hydrogens (tertiary/aromatic N) is 5. The Morgan fingerprint density at radius 1 is 1.04 bits per heavy atom. The highest BCUT2D eigenvalue weighted by Gasteiger charge is 2.38. The lowest BCUT2D eigenvalue weighted by atomic mass is 10.1. The zero-order chi connectivity index (χ0) is 34.6. The fraction of sp³-hybridized carbons (Fsp3) is 0.323. The first-order valence-corrected chi connectivity index (χ1v) is 17.3. The highest BCUT2D eigenvalue weighted by Crippen LogP contribution is 2.39. The number of thiophene rings is 1. The van der Waals surface area contributed by atoms with Gasteiger partial charge >= 0.3 is 12.1 Å². The number of carbonyl (C=O) groups excluding carboxylic acids is 1. The van der Waals surface area contributed by atoms with Gasteiger partial charge in [-0.2, -0.15) is 13.2 Å². The Labute approximate surface area is 276 Å². The van der Waals surface area contributed by atoms with Crippen LogP contribution in [0, 0.1) is 5.82 Å². The number of anilines is 2. The van der Waals surface area contributed by atoms with E-state index in [9.17, 15) is 30.8 Å². The van der Waals surface area contributed by atoms with Crippen LogP contribution in [-0.2, 0) is 21.1 Å². The van der Waals surface area contributed by atoms with Gasteiger partial charge in [0.1, 0.15) is 24.1 Å². The van der Waals surface area contributed by atoms with Crippen LogP contribution in [0.3, 0.4) is 0 Å². The summed E-state index contributed by atoms with van der Waals surface area (Å²) in [4.78, 5) is 40.5. The van der Waals surface area contributed by atoms with Crippen LogP contribution in [0.15, 0.2) is 66.0 Å². The molecule has 4 aromatic rings. The maximum absolute atomic E-state index is 14.9. The minimum absolute atomic E-state index is 0.0577. The van der Waals surface area contributed by atoms with Crippen molar-refractivity contribution in [1.29, 1.82) is 0 Å². The number of benzene rings is 1. The normalized spacial score (nSPS) is 15.4. The van der Waals surface area contributed by atoms with Crippen molar-refractivity contribution in [3.63, 3.8) is 0 Å². The van der Waals surface area contributed by atoms with E-state index in [-0.39, 0.29) is 22.5 Å². The number of ketones is 1. The van der Waals surface area contributed by atoms with Crippen molar-refractivity contribution in [1.82, 2.24) is 19.9 Å². The zero-order valence-electron chi connectivity index (χ0n) is 25.4. The fourth-order valence-corrected chi connectivity index (χ4v) is 6.75. The van der Waals surface area contributed by atoms with Crippen LogP contribution in [0.25, 0.3) is 10.6 Å². The summed E-state index contributed by atoms with van der Waals surface area (Å²) in [5.74, 6) is -2.24. The Morgan fingerprint density at radius 3 is 2.40 bits per heavy atom. The van der Waals surface area contributed by atoms with E-state index in [0.717, 1.165) is 59.3 Å². The first-order chi connectivity index (χ1) is 22.7. The number of carboxylic acid groups (broad SMARTS) is 1. The average Bonchev–Trinajstić information content (AvgIpc) is 3.71. The molecule has 17 heteroatoms. The summed E-state index contributed by atoms with van der Waals surface area (Å²) in [5.41, 5.74) is 1.93. The second-order valence-corrected chi connectivity index (χ2v) is 14.1. The van der Waals surface area contributed by atoms with Crippen molar-refractivity contribution in [2.45, 2.75) is 36.4 Å². The lowest BCUT2D eigenvalue weighted by Gasteiger charge is -2.31. The van der Waals surface area contributed by atoms with E-state index in [1.165, 1.54) is 29.8 Å². The van der Waals surface area contributed by atoms with Gasteiger partial charge in [0, 0.05) is 32.1 Å². The highest BCUT2D eigenvalue weighted by atomic mass is 32.2. The van der Waals surface area contributed by atoms with Crippen LogP contribution in [0.4, 0.5) is 29.1 Å². The first-order valence-electron chi connectivity index (χ1n) is 14.6. The molecule has 3 aromatic heterocycles. The Hall–Kier alpha value is -4.48. The van der Waals surface area contributed by atoms with Gasteiger partial charge in [0.2, 0.25) is 5.88 Å². The molecule has 11 nitrogen and oxygen atoms in total. The number of rotatable bonds is 8. The Balaban J connectivity index is 0.000000582. The number of piperidine rings is 1. The van der Waals surface area contributed by atoms with Gasteiger partial charge in [-0.15, -0.1) is 11.3 Å². The molecule has 48 heavy (non-hydrogen) atoms. The number of hydrogen-bond donors (Lipinski definition) is 1. The van der Waals surface area contributed by atoms with Crippen molar-refractivity contribution in [2.75, 3.05) is 37.3 Å². The topological polar surface area (TPSA) is 143 Å². The van der Waals surface area contributed by atoms with E-state index in [0.29, 0.717) is 31.2 Å². The smallest absolute Gasteiger partial charge is 0.475 e. The molecule has 1 N–H and O–H groups in total. The molecule has 1 fully saturated rings. The molecule has 0 unspecified atom stereocenters. The Bertz CT molecular complexity index is 1900. The number of sulfone groups is 1. The molecule has 1 saturated heterocycles. The van der Waals surface area contributed by atoms with Crippen LogP contribution in [-0.4, -0.2) is 89.8 Å². The standard InChI is InChI=1S/C29H28FN5O4S2.C2HF3O2/c1-41(37,38)20-5-6-24(22(30)16-20)35-15-11-21-28(35)32-18-33-29(21)39-19-9-13-34(14-10-19)17-25(36)27-8-7-26(40-27)23-4-2-3-12-31-23;3-2(4,5)1(6)7/h2-8,12,16,18-19H,9-11,13-15,17H2,1H3;(H,6,7). The van der Waals surface area contributed by atoms with Crippen LogP contribution < -0.4 is 9.64 Å². The molecular formula is C31H29F4N5O6S2. The van der Waals surface area contributed by atoms with Crippen molar-refractivity contribution >= 4 is 44.4 Å². The first kappa shape index (κ1) is 34.8. The van der Waals surface area contributed by atoms with Gasteiger partial charge in [-0.3, -0.25) is 14.7 Å². The van der Waals surface area contributed by atoms with Gasteiger partial charge < -0.3 is 14.7 Å². The number of alkyl halides is 3. The third-order valence-electron chi connectivity index (χ3n) is 7.58. The van der Waals surface area contributed by atoms with Crippen LogP contribution in [0.5, 0.6) is 5.88 Å². The Kier molecular flexibility index (Phi) is 10.4. The van der Waals surface area contributed by atoms with Crippen LogP contribution in [0.2, 0.25) is 0 Å². The van der Waals surface area contributed by atoms with Gasteiger partial charge in [-0.25, -0.2) is 27.6 Å². The summed E-state index contributed by atoms with van der Waals surface area (Å²) in [6.45, 7) is 2.29. The monoisotopic (exact) mass is 707 g/mol. The molecule has 1 aromatic carbocycles. The number of pyridine rings is 1. The number of likely N-dealkylation sites (tertiary alicyclic amines) is 1. The van der Waals surface area contributed by atoms with Crippen molar-refractivity contribution in [2.24, 2.45) is 0 Å². The SMILES string of the molecule is CS(=O)(=O)c1ccc(N2CCc3c(OC4CCN(CC(=O)c5ccc(-c6ccccn6)s5)CC4)ncnc32)c(F)c1.O=C(O)C(F)(F)F. The lowest BCUT2D eigenvalue weighted by Crippen LogP contribution is -2.40. The molecule has 6 rings (SSSR count). The van der Waals surface area contributed by atoms with Gasteiger partial charge in [0.05, 0.1) is 38.1 Å². The number of carboxylic acids is 1. The van der Waals surface area contributed by atoms with Crippen molar-refractivity contribution < 1.29 is 45.4 Å². The maximum Gasteiger partial charge on any atom is 0.490 e. The van der Waals surface area contributed by atoms with E-state index in [1.54, 1.807) is 11.1 Å². The van der Waals surface area contributed by atoms with Crippen LogP contribution in [0.1, 0.15) is 28.1 Å². The van der Waals surface area contributed by atoms with Gasteiger partial charge in [0.25, 0.3) is 0 Å². The summed E-state index contributed by atoms with van der Waals surface area (Å²) in [5, 5.41) is 7.12. The van der Waals surface area contributed by atoms with Crippen molar-refractivity contribution in [3.05, 3.63) is 77.3 Å². The summed E-state index contributed by atoms with van der Waals surface area (Å²) < 4.78 is 76.5. The quantitative estimate of drug-likeness (QED) is 0.191. The lowest BCUT2D eigenvalue weighted by molar-refractivity contribution is -0.192. The number of halogens is 4. The molecule has 2 aliphatic rings. The van der Waals surface area contributed by atoms with E-state index in [2.05, 4.69) is 19.9 Å². The predicted molar refractivity (Wildman–Crippen MR) is 168 cm³/mol. The molecule has 0 amide bonds. The molecule has 2 aliphatic heterocycles. The number of Topliss-reactive ketones (excluding diaryl/α,β-unsaturated/α-hetero) is 1. The molecule has 0 spiro atoms. The third kappa shape index (κ3) is 8.32. The second-order valence-electron chi connectivity index (χ2n) is 11.0. The third-order valence-corrected chi connectivity index (χ3v) is 9.84. The molecule has 254 valence electrons. The molecule has 0 bridgehead atoms. The molecule has 0 aliphatic carbocycles. The van der Waals surface area contributed by atoms with Crippen molar-refractivity contribution in [3.8, 4) is 16.5 Å². The van der Waals surface area contributed by atoms with E-state index >= 15 is 0 Å². The summed E-state index contributed by atoms with van der Waals surface area (Å²) in [7, 11) is -3.51. The number of aliphatic carboxylic acids is 1. The maximum atomic E-state index is 14.9. The van der Waals surface area contributed by atoms with Gasteiger partial charge in [-0.05, 0) is 61.7 Å². The van der Waals surface area contributed by atoms with Crippen LogP contribution >= 0.6 is 11.3 Å². The molecule has 0 saturated carbocycles. The molecular weight excluding hydrogens is 678 g/mol. The number of ether oxygens (including phenoxy) is 1. The zero-order valence-corrected chi connectivity index (χ0v) is 27.0.